The highest BCUT2D eigenvalue weighted by Crippen LogP contribution is 2.47. The first-order valence-electron chi connectivity index (χ1n) is 14.5. The minimum absolute atomic E-state index is 0.357. The number of carboxylic acid groups (broad SMARTS) is 1. The minimum Gasteiger partial charge on any atom is -0.483 e. The van der Waals surface area contributed by atoms with Crippen molar-refractivity contribution in [3.63, 3.8) is 0 Å². The third-order valence-corrected chi connectivity index (χ3v) is 10.0. The van der Waals surface area contributed by atoms with Gasteiger partial charge in [-0.2, -0.15) is 0 Å². The Bertz CT molecular complexity index is 2000. The fourth-order valence-electron chi connectivity index (χ4n) is 5.62. The largest absolute Gasteiger partial charge is 0.483 e. The van der Waals surface area contributed by atoms with E-state index >= 15 is 0 Å². The number of para-hydroxylation sites is 1. The van der Waals surface area contributed by atoms with Crippen LogP contribution in [0.25, 0.3) is 44.3 Å². The molecule has 0 radical (unpaired) electrons. The molecule has 218 valence electrons. The molecular weight excluding hydrogens is 587 g/mol. The van der Waals surface area contributed by atoms with Gasteiger partial charge in [-0.15, -0.1) is 11.3 Å². The normalized spacial score (nSPS) is 12.7. The van der Waals surface area contributed by atoms with Crippen molar-refractivity contribution in [1.82, 2.24) is 4.98 Å². The Kier molecular flexibility index (Phi) is 7.81. The fourth-order valence-corrected chi connectivity index (χ4v) is 7.74. The second kappa shape index (κ2) is 12.2. The van der Waals surface area contributed by atoms with Crippen molar-refractivity contribution in [1.29, 1.82) is 0 Å². The van der Waals surface area contributed by atoms with Crippen LogP contribution in [0, 0.1) is 0 Å². The SMILES string of the molecule is CCC(Oc1cccc2c1OCc1sc(SCc3ccccc3-c3ccccc3-c3ccc4ccccc4c3)nc1-2)C(=O)O. The number of thioether (sulfide) groups is 1. The summed E-state index contributed by atoms with van der Waals surface area (Å²) < 4.78 is 12.9. The van der Waals surface area contributed by atoms with Gasteiger partial charge in [-0.05, 0) is 63.2 Å². The number of benzene rings is 5. The number of ether oxygens (including phenoxy) is 2. The highest BCUT2D eigenvalue weighted by Gasteiger charge is 2.27. The van der Waals surface area contributed by atoms with Gasteiger partial charge in [0, 0.05) is 11.3 Å². The van der Waals surface area contributed by atoms with Crippen LogP contribution in [0.1, 0.15) is 23.8 Å². The van der Waals surface area contributed by atoms with E-state index in [9.17, 15) is 9.90 Å². The van der Waals surface area contributed by atoms with Gasteiger partial charge in [0.05, 0.1) is 10.6 Å². The summed E-state index contributed by atoms with van der Waals surface area (Å²) >= 11 is 3.36. The topological polar surface area (TPSA) is 68.7 Å². The second-order valence-electron chi connectivity index (χ2n) is 10.6. The summed E-state index contributed by atoms with van der Waals surface area (Å²) in [7, 11) is 0. The molecule has 1 aromatic heterocycles. The van der Waals surface area contributed by atoms with E-state index in [1.807, 2.05) is 12.1 Å². The van der Waals surface area contributed by atoms with Gasteiger partial charge in [0.15, 0.2) is 21.9 Å². The maximum Gasteiger partial charge on any atom is 0.344 e. The van der Waals surface area contributed by atoms with E-state index in [0.717, 1.165) is 26.2 Å². The third-order valence-electron chi connectivity index (χ3n) is 7.82. The lowest BCUT2D eigenvalue weighted by molar-refractivity contribution is -0.145. The predicted molar refractivity (Wildman–Crippen MR) is 179 cm³/mol. The first-order valence-corrected chi connectivity index (χ1v) is 16.3. The van der Waals surface area contributed by atoms with Crippen molar-refractivity contribution >= 4 is 39.8 Å². The van der Waals surface area contributed by atoms with Crippen molar-refractivity contribution < 1.29 is 19.4 Å². The molecule has 0 saturated carbocycles. The summed E-state index contributed by atoms with van der Waals surface area (Å²) in [6.07, 6.45) is -0.574. The van der Waals surface area contributed by atoms with E-state index in [4.69, 9.17) is 14.5 Å². The van der Waals surface area contributed by atoms with Gasteiger partial charge in [0.2, 0.25) is 0 Å². The van der Waals surface area contributed by atoms with Crippen LogP contribution in [-0.4, -0.2) is 22.2 Å². The summed E-state index contributed by atoms with van der Waals surface area (Å²) in [6.45, 7) is 2.16. The van der Waals surface area contributed by atoms with Gasteiger partial charge in [0.1, 0.15) is 6.61 Å². The summed E-state index contributed by atoms with van der Waals surface area (Å²) in [4.78, 5) is 17.6. The molecule has 0 aliphatic carbocycles. The molecular formula is C37H29NO4S2. The Hall–Kier alpha value is -4.59. The van der Waals surface area contributed by atoms with Crippen molar-refractivity contribution in [2.24, 2.45) is 0 Å². The molecule has 1 unspecified atom stereocenters. The van der Waals surface area contributed by atoms with Gasteiger partial charge >= 0.3 is 5.97 Å². The maximum absolute atomic E-state index is 11.6. The Balaban J connectivity index is 1.16. The summed E-state index contributed by atoms with van der Waals surface area (Å²) in [5.41, 5.74) is 7.78. The van der Waals surface area contributed by atoms with Crippen molar-refractivity contribution in [2.75, 3.05) is 0 Å². The van der Waals surface area contributed by atoms with Gasteiger partial charge in [-0.3, -0.25) is 0 Å². The molecule has 1 atom stereocenters. The number of aliphatic carboxylic acids is 1. The fraction of sp³-hybridized carbons (Fsp3) is 0.135. The summed E-state index contributed by atoms with van der Waals surface area (Å²) in [5, 5.41) is 11.9. The zero-order valence-corrected chi connectivity index (χ0v) is 25.7. The number of fused-ring (bicyclic) bond motifs is 4. The zero-order chi connectivity index (χ0) is 30.0. The predicted octanol–water partition coefficient (Wildman–Crippen LogP) is 9.72. The van der Waals surface area contributed by atoms with Crippen LogP contribution in [0.5, 0.6) is 11.5 Å². The van der Waals surface area contributed by atoms with Crippen molar-refractivity contribution in [3.8, 4) is 45.0 Å². The Morgan fingerprint density at radius 1 is 0.886 bits per heavy atom. The number of nitrogens with zero attached hydrogens (tertiary/aromatic N) is 1. The number of aromatic nitrogens is 1. The van der Waals surface area contributed by atoms with Gasteiger partial charge < -0.3 is 14.6 Å². The number of thiazole rings is 1. The molecule has 5 nitrogen and oxygen atoms in total. The molecule has 0 bridgehead atoms. The molecule has 0 amide bonds. The molecule has 7 heteroatoms. The lowest BCUT2D eigenvalue weighted by Gasteiger charge is -2.21. The molecule has 6 aromatic rings. The highest BCUT2D eigenvalue weighted by molar-refractivity contribution is 8.00. The minimum atomic E-state index is -0.992. The average Bonchev–Trinajstić information content (AvgIpc) is 3.50. The molecule has 2 heterocycles. The summed E-state index contributed by atoms with van der Waals surface area (Å²) in [6, 6.07) is 37.9. The quantitative estimate of drug-likeness (QED) is 0.163. The van der Waals surface area contributed by atoms with E-state index < -0.39 is 12.1 Å². The molecule has 5 aromatic carbocycles. The molecule has 1 N–H and O–H groups in total. The first-order chi connectivity index (χ1) is 21.6. The number of rotatable bonds is 9. The van der Waals surface area contributed by atoms with Crippen molar-refractivity contribution in [3.05, 3.63) is 120 Å². The van der Waals surface area contributed by atoms with Gasteiger partial charge in [-0.1, -0.05) is 110 Å². The van der Waals surface area contributed by atoms with Crippen LogP contribution < -0.4 is 9.47 Å². The molecule has 44 heavy (non-hydrogen) atoms. The monoisotopic (exact) mass is 615 g/mol. The van der Waals surface area contributed by atoms with Crippen LogP contribution in [0.2, 0.25) is 0 Å². The molecule has 0 saturated heterocycles. The Morgan fingerprint density at radius 3 is 2.43 bits per heavy atom. The number of carbonyl (C=O) groups is 1. The van der Waals surface area contributed by atoms with E-state index in [1.165, 1.54) is 38.6 Å². The average molecular weight is 616 g/mol. The first kappa shape index (κ1) is 28.2. The summed E-state index contributed by atoms with van der Waals surface area (Å²) in [5.74, 6) is 0.761. The number of hydrogen-bond donors (Lipinski definition) is 1. The van der Waals surface area contributed by atoms with Gasteiger partial charge in [0.25, 0.3) is 0 Å². The van der Waals surface area contributed by atoms with E-state index in [2.05, 4.69) is 91.0 Å². The van der Waals surface area contributed by atoms with E-state index in [-0.39, 0.29) is 0 Å². The highest BCUT2D eigenvalue weighted by atomic mass is 32.2. The van der Waals surface area contributed by atoms with Crippen molar-refractivity contribution in [2.45, 2.75) is 36.1 Å². The molecule has 0 fully saturated rings. The Labute approximate surface area is 264 Å². The van der Waals surface area contributed by atoms with Crippen LogP contribution >= 0.6 is 23.1 Å². The van der Waals surface area contributed by atoms with Crippen LogP contribution in [0.4, 0.5) is 0 Å². The van der Waals surface area contributed by atoms with Crippen LogP contribution in [0.3, 0.4) is 0 Å². The zero-order valence-electron chi connectivity index (χ0n) is 24.0. The number of hydrogen-bond acceptors (Lipinski definition) is 6. The lowest BCUT2D eigenvalue weighted by atomic mass is 9.91. The molecule has 7 rings (SSSR count). The van der Waals surface area contributed by atoms with E-state index in [1.54, 1.807) is 36.1 Å². The maximum atomic E-state index is 11.6. The Morgan fingerprint density at radius 2 is 1.61 bits per heavy atom. The van der Waals surface area contributed by atoms with E-state index in [0.29, 0.717) is 24.5 Å². The van der Waals surface area contributed by atoms with Gasteiger partial charge in [-0.25, -0.2) is 9.78 Å². The smallest absolute Gasteiger partial charge is 0.344 e. The second-order valence-corrected chi connectivity index (χ2v) is 12.9. The third kappa shape index (κ3) is 5.45. The molecule has 0 spiro atoms. The molecule has 1 aliphatic rings. The number of carboxylic acids is 1. The van der Waals surface area contributed by atoms with Crippen LogP contribution in [-0.2, 0) is 17.2 Å². The standard InChI is InChI=1S/C37H29NO4S2/c1-2-31(36(39)40)42-32-17-9-16-30-34-33(21-41-35(30)32)44-37(38-34)43-22-26-12-5-6-14-28(26)29-15-8-7-13-27(29)25-19-18-23-10-3-4-11-24(23)20-25/h3-20,31H,2,21-22H2,1H3,(H,39,40). The lowest BCUT2D eigenvalue weighted by Crippen LogP contribution is -2.26. The van der Waals surface area contributed by atoms with Crippen LogP contribution in [0.15, 0.2) is 114 Å². The molecule has 1 aliphatic heterocycles.